The minimum Gasteiger partial charge on any atom is -0.461 e. The number of thiazole rings is 1. The number of carbonyl (C=O) groups is 1. The van der Waals surface area contributed by atoms with Gasteiger partial charge in [0, 0.05) is 11.4 Å². The van der Waals surface area contributed by atoms with Crippen LogP contribution >= 0.6 is 23.1 Å². The van der Waals surface area contributed by atoms with Crippen LogP contribution in [0.3, 0.4) is 0 Å². The molecule has 1 aromatic heterocycles. The van der Waals surface area contributed by atoms with Crippen molar-refractivity contribution in [2.24, 2.45) is 0 Å². The summed E-state index contributed by atoms with van der Waals surface area (Å²) in [5, 5.41) is 5.78. The molecule has 96 valence electrons. The maximum atomic E-state index is 11.4. The second-order valence-corrected chi connectivity index (χ2v) is 5.43. The van der Waals surface area contributed by atoms with Crippen molar-refractivity contribution in [1.29, 1.82) is 0 Å². The van der Waals surface area contributed by atoms with E-state index in [2.05, 4.69) is 23.5 Å². The summed E-state index contributed by atoms with van der Waals surface area (Å²) < 4.78 is 4.89. The minimum absolute atomic E-state index is 0.353. The van der Waals surface area contributed by atoms with E-state index >= 15 is 0 Å². The van der Waals surface area contributed by atoms with Crippen molar-refractivity contribution in [3.63, 3.8) is 0 Å². The van der Waals surface area contributed by atoms with Gasteiger partial charge in [0.25, 0.3) is 0 Å². The van der Waals surface area contributed by atoms with Crippen molar-refractivity contribution < 1.29 is 9.53 Å². The summed E-state index contributed by atoms with van der Waals surface area (Å²) in [4.78, 5) is 15.6. The topological polar surface area (TPSA) is 51.2 Å². The van der Waals surface area contributed by atoms with Gasteiger partial charge in [-0.2, -0.15) is 11.8 Å². The molecule has 0 saturated heterocycles. The van der Waals surface area contributed by atoms with Crippen molar-refractivity contribution in [3.8, 4) is 0 Å². The van der Waals surface area contributed by atoms with Crippen molar-refractivity contribution in [3.05, 3.63) is 11.1 Å². The molecule has 0 amide bonds. The average Bonchev–Trinajstić information content (AvgIpc) is 2.75. The molecule has 0 aliphatic carbocycles. The lowest BCUT2D eigenvalue weighted by Gasteiger charge is -2.11. The van der Waals surface area contributed by atoms with Gasteiger partial charge in [0.1, 0.15) is 0 Å². The number of hydrogen-bond donors (Lipinski definition) is 1. The molecule has 0 aliphatic rings. The van der Waals surface area contributed by atoms with E-state index < -0.39 is 0 Å². The van der Waals surface area contributed by atoms with Crippen LogP contribution in [0.15, 0.2) is 5.38 Å². The van der Waals surface area contributed by atoms with Crippen LogP contribution in [0.5, 0.6) is 0 Å². The number of anilines is 1. The molecule has 0 spiro atoms. The van der Waals surface area contributed by atoms with Crippen molar-refractivity contribution in [2.75, 3.05) is 23.9 Å². The Balaban J connectivity index is 2.47. The Labute approximate surface area is 110 Å². The van der Waals surface area contributed by atoms with Crippen LogP contribution in [0.1, 0.15) is 30.8 Å². The Morgan fingerprint density at radius 1 is 1.71 bits per heavy atom. The van der Waals surface area contributed by atoms with E-state index in [1.165, 1.54) is 11.3 Å². The van der Waals surface area contributed by atoms with E-state index in [1.807, 2.05) is 11.8 Å². The van der Waals surface area contributed by atoms with Gasteiger partial charge in [0.15, 0.2) is 10.8 Å². The first-order valence-corrected chi connectivity index (χ1v) is 7.82. The zero-order chi connectivity index (χ0) is 12.7. The number of aromatic nitrogens is 1. The maximum Gasteiger partial charge on any atom is 0.357 e. The number of carbonyl (C=O) groups excluding carboxylic acids is 1. The Kier molecular flexibility index (Phi) is 6.36. The molecule has 1 N–H and O–H groups in total. The van der Waals surface area contributed by atoms with Gasteiger partial charge in [-0.15, -0.1) is 11.3 Å². The summed E-state index contributed by atoms with van der Waals surface area (Å²) in [5.41, 5.74) is 0.386. The van der Waals surface area contributed by atoms with Crippen molar-refractivity contribution in [2.45, 2.75) is 26.3 Å². The smallest absolute Gasteiger partial charge is 0.357 e. The van der Waals surface area contributed by atoms with Crippen LogP contribution in [0.2, 0.25) is 0 Å². The van der Waals surface area contributed by atoms with E-state index in [4.69, 9.17) is 4.74 Å². The summed E-state index contributed by atoms with van der Waals surface area (Å²) in [7, 11) is 0. The number of hydrogen-bond acceptors (Lipinski definition) is 6. The third-order valence-corrected chi connectivity index (χ3v) is 3.53. The molecule has 0 bridgehead atoms. The Bertz CT molecular complexity index is 355. The number of nitrogens with zero attached hydrogens (tertiary/aromatic N) is 1. The number of rotatable bonds is 7. The monoisotopic (exact) mass is 274 g/mol. The number of ether oxygens (including phenoxy) is 1. The van der Waals surface area contributed by atoms with Crippen LogP contribution in [0.4, 0.5) is 5.13 Å². The summed E-state index contributed by atoms with van der Waals surface area (Å²) in [6.07, 6.45) is 3.17. The minimum atomic E-state index is -0.353. The standard InChI is InChI=1S/C11H18N2O2S2/c1-4-15-10(14)9-7-17-11(13-9)12-8(2)5-6-16-3/h7-8H,4-6H2,1-3H3,(H,12,13). The van der Waals surface area contributed by atoms with Crippen LogP contribution in [0, 0.1) is 0 Å². The van der Waals surface area contributed by atoms with E-state index in [1.54, 1.807) is 12.3 Å². The van der Waals surface area contributed by atoms with Gasteiger partial charge in [0.2, 0.25) is 0 Å². The quantitative estimate of drug-likeness (QED) is 0.775. The van der Waals surface area contributed by atoms with Gasteiger partial charge in [-0.3, -0.25) is 0 Å². The molecule has 0 radical (unpaired) electrons. The van der Waals surface area contributed by atoms with Crippen molar-refractivity contribution in [1.82, 2.24) is 4.98 Å². The van der Waals surface area contributed by atoms with Crippen LogP contribution < -0.4 is 5.32 Å². The van der Waals surface area contributed by atoms with Gasteiger partial charge >= 0.3 is 5.97 Å². The predicted molar refractivity (Wildman–Crippen MR) is 74.2 cm³/mol. The Morgan fingerprint density at radius 3 is 3.12 bits per heavy atom. The highest BCUT2D eigenvalue weighted by atomic mass is 32.2. The second-order valence-electron chi connectivity index (χ2n) is 3.59. The SMILES string of the molecule is CCOC(=O)c1csc(NC(C)CCSC)n1. The lowest BCUT2D eigenvalue weighted by molar-refractivity contribution is 0.0520. The molecule has 1 rings (SSSR count). The number of esters is 1. The average molecular weight is 274 g/mol. The van der Waals surface area contributed by atoms with E-state index in [9.17, 15) is 4.79 Å². The fourth-order valence-corrected chi connectivity index (χ4v) is 2.60. The van der Waals surface area contributed by atoms with Gasteiger partial charge in [0.05, 0.1) is 6.61 Å². The van der Waals surface area contributed by atoms with E-state index in [-0.39, 0.29) is 5.97 Å². The molecule has 1 aromatic rings. The Hall–Kier alpha value is -0.750. The molecule has 6 heteroatoms. The molecule has 1 unspecified atom stereocenters. The highest BCUT2D eigenvalue weighted by Gasteiger charge is 2.12. The first-order chi connectivity index (χ1) is 8.17. The van der Waals surface area contributed by atoms with Gasteiger partial charge in [-0.25, -0.2) is 9.78 Å². The molecular formula is C11H18N2O2S2. The van der Waals surface area contributed by atoms with Gasteiger partial charge in [-0.05, 0) is 32.3 Å². The fourth-order valence-electron chi connectivity index (χ4n) is 1.22. The fraction of sp³-hybridized carbons (Fsp3) is 0.636. The molecule has 1 atom stereocenters. The van der Waals surface area contributed by atoms with Crippen molar-refractivity contribution >= 4 is 34.2 Å². The van der Waals surface area contributed by atoms with E-state index in [0.717, 1.165) is 17.3 Å². The largest absolute Gasteiger partial charge is 0.461 e. The van der Waals surface area contributed by atoms with Gasteiger partial charge < -0.3 is 10.1 Å². The third kappa shape index (κ3) is 4.95. The molecular weight excluding hydrogens is 256 g/mol. The number of nitrogens with one attached hydrogen (secondary N) is 1. The van der Waals surface area contributed by atoms with Crippen LogP contribution in [-0.2, 0) is 4.74 Å². The third-order valence-electron chi connectivity index (χ3n) is 2.11. The summed E-state index contributed by atoms with van der Waals surface area (Å²) in [5.74, 6) is 0.762. The molecule has 0 fully saturated rings. The highest BCUT2D eigenvalue weighted by molar-refractivity contribution is 7.98. The Morgan fingerprint density at radius 2 is 2.47 bits per heavy atom. The first-order valence-electron chi connectivity index (χ1n) is 5.55. The lowest BCUT2D eigenvalue weighted by Crippen LogP contribution is -2.16. The molecule has 17 heavy (non-hydrogen) atoms. The summed E-state index contributed by atoms with van der Waals surface area (Å²) in [6, 6.07) is 0.364. The summed E-state index contributed by atoms with van der Waals surface area (Å²) >= 11 is 3.26. The van der Waals surface area contributed by atoms with Crippen LogP contribution in [0.25, 0.3) is 0 Å². The zero-order valence-electron chi connectivity index (χ0n) is 10.4. The molecule has 0 saturated carbocycles. The molecule has 0 aliphatic heterocycles. The molecule has 1 heterocycles. The lowest BCUT2D eigenvalue weighted by atomic mass is 10.3. The molecule has 4 nitrogen and oxygen atoms in total. The number of thioether (sulfide) groups is 1. The normalized spacial score (nSPS) is 12.2. The summed E-state index contributed by atoms with van der Waals surface area (Å²) in [6.45, 7) is 4.28. The zero-order valence-corrected chi connectivity index (χ0v) is 12.0. The first kappa shape index (κ1) is 14.3. The predicted octanol–water partition coefficient (Wildman–Crippen LogP) is 2.87. The van der Waals surface area contributed by atoms with Crippen LogP contribution in [-0.4, -0.2) is 35.6 Å². The highest BCUT2D eigenvalue weighted by Crippen LogP contribution is 2.18. The second kappa shape index (κ2) is 7.55. The maximum absolute atomic E-state index is 11.4. The van der Waals surface area contributed by atoms with E-state index in [0.29, 0.717) is 18.3 Å². The molecule has 0 aromatic carbocycles. The van der Waals surface area contributed by atoms with Gasteiger partial charge in [-0.1, -0.05) is 0 Å².